The Hall–Kier alpha value is -1.93. The highest BCUT2D eigenvalue weighted by Gasteiger charge is 1.97. The van der Waals surface area contributed by atoms with E-state index in [-0.39, 0.29) is 0 Å². The Balaban J connectivity index is 1.55. The fourth-order valence-electron chi connectivity index (χ4n) is 2.18. The molecule has 0 atom stereocenters. The molecule has 0 aliphatic carbocycles. The normalized spacial score (nSPS) is 10.6. The van der Waals surface area contributed by atoms with Gasteiger partial charge >= 0.3 is 0 Å². The third-order valence-corrected chi connectivity index (χ3v) is 4.19. The van der Waals surface area contributed by atoms with Crippen LogP contribution < -0.4 is 5.32 Å². The Labute approximate surface area is 124 Å². The molecule has 0 saturated heterocycles. The smallest absolute Gasteiger partial charge is 0.0340 e. The fourth-order valence-corrected chi connectivity index (χ4v) is 2.99. The molecule has 0 amide bonds. The summed E-state index contributed by atoms with van der Waals surface area (Å²) in [5.41, 5.74) is 1.19. The van der Waals surface area contributed by atoms with Crippen LogP contribution in [0.1, 0.15) is 0 Å². The van der Waals surface area contributed by atoms with E-state index >= 15 is 0 Å². The lowest BCUT2D eigenvalue weighted by molar-refractivity contribution is 1.22. The molecule has 1 N–H and O–H groups in total. The summed E-state index contributed by atoms with van der Waals surface area (Å²) in [7, 11) is 0. The molecule has 0 aromatic heterocycles. The maximum absolute atomic E-state index is 3.43. The molecule has 0 aliphatic rings. The monoisotopic (exact) mass is 279 g/mol. The molecule has 3 aromatic carbocycles. The van der Waals surface area contributed by atoms with Gasteiger partial charge in [-0.05, 0) is 35.0 Å². The zero-order valence-corrected chi connectivity index (χ0v) is 12.1. The lowest BCUT2D eigenvalue weighted by atomic mass is 10.1. The zero-order valence-electron chi connectivity index (χ0n) is 11.3. The average molecular weight is 279 g/mol. The van der Waals surface area contributed by atoms with E-state index in [4.69, 9.17) is 0 Å². The topological polar surface area (TPSA) is 12.0 Å². The Bertz CT molecular complexity index is 679. The summed E-state index contributed by atoms with van der Waals surface area (Å²) in [6.07, 6.45) is 0. The number of anilines is 1. The van der Waals surface area contributed by atoms with Gasteiger partial charge in [0.05, 0.1) is 0 Å². The highest BCUT2D eigenvalue weighted by molar-refractivity contribution is 7.99. The quantitative estimate of drug-likeness (QED) is 0.518. The first kappa shape index (κ1) is 13.1. The minimum Gasteiger partial charge on any atom is -0.384 e. The van der Waals surface area contributed by atoms with Crippen LogP contribution in [0.5, 0.6) is 0 Å². The van der Waals surface area contributed by atoms with Crippen molar-refractivity contribution in [1.29, 1.82) is 0 Å². The highest BCUT2D eigenvalue weighted by Crippen LogP contribution is 2.23. The van der Waals surface area contributed by atoms with Gasteiger partial charge in [0.2, 0.25) is 0 Å². The predicted molar refractivity (Wildman–Crippen MR) is 89.6 cm³/mol. The molecule has 2 heteroatoms. The zero-order chi connectivity index (χ0) is 13.6. The Morgan fingerprint density at radius 2 is 1.50 bits per heavy atom. The van der Waals surface area contributed by atoms with E-state index in [2.05, 4.69) is 72.0 Å². The van der Waals surface area contributed by atoms with Crippen LogP contribution in [0.15, 0.2) is 77.7 Å². The van der Waals surface area contributed by atoms with Crippen molar-refractivity contribution in [2.24, 2.45) is 0 Å². The second-order valence-electron chi connectivity index (χ2n) is 4.65. The maximum atomic E-state index is 3.43. The van der Waals surface area contributed by atoms with Crippen LogP contribution in [0.2, 0.25) is 0 Å². The Kier molecular flexibility index (Phi) is 4.24. The van der Waals surface area contributed by atoms with Crippen molar-refractivity contribution in [2.75, 3.05) is 17.6 Å². The van der Waals surface area contributed by atoms with Gasteiger partial charge in [-0.1, -0.05) is 48.5 Å². The van der Waals surface area contributed by atoms with Crippen LogP contribution in [0.4, 0.5) is 5.69 Å². The summed E-state index contributed by atoms with van der Waals surface area (Å²) >= 11 is 1.89. The van der Waals surface area contributed by atoms with Crippen molar-refractivity contribution in [3.05, 3.63) is 72.8 Å². The number of para-hydroxylation sites is 1. The van der Waals surface area contributed by atoms with Crippen LogP contribution in [0, 0.1) is 0 Å². The summed E-state index contributed by atoms with van der Waals surface area (Å²) in [5.74, 6) is 1.06. The summed E-state index contributed by atoms with van der Waals surface area (Å²) in [6.45, 7) is 0.974. The molecule has 0 radical (unpaired) electrons. The van der Waals surface area contributed by atoms with E-state index in [1.165, 1.54) is 21.4 Å². The van der Waals surface area contributed by atoms with E-state index in [9.17, 15) is 0 Å². The molecular weight excluding hydrogens is 262 g/mol. The molecule has 0 heterocycles. The summed E-state index contributed by atoms with van der Waals surface area (Å²) in [6, 6.07) is 25.5. The lowest BCUT2D eigenvalue weighted by Gasteiger charge is -2.06. The molecule has 1 nitrogen and oxygen atoms in total. The van der Waals surface area contributed by atoms with Crippen LogP contribution in [0.25, 0.3) is 10.8 Å². The van der Waals surface area contributed by atoms with Gasteiger partial charge in [-0.15, -0.1) is 11.8 Å². The van der Waals surface area contributed by atoms with Crippen LogP contribution in [-0.2, 0) is 0 Å². The third kappa shape index (κ3) is 3.34. The minimum absolute atomic E-state index is 0.974. The number of thioether (sulfide) groups is 1. The van der Waals surface area contributed by atoms with Crippen LogP contribution in [0.3, 0.4) is 0 Å². The van der Waals surface area contributed by atoms with Crippen molar-refractivity contribution in [1.82, 2.24) is 0 Å². The molecule has 0 unspecified atom stereocenters. The molecule has 0 bridgehead atoms. The number of fused-ring (bicyclic) bond motifs is 1. The van der Waals surface area contributed by atoms with Crippen LogP contribution in [-0.4, -0.2) is 12.3 Å². The van der Waals surface area contributed by atoms with Gasteiger partial charge in [-0.2, -0.15) is 0 Å². The standard InChI is InChI=1S/C18H17NS/c1-2-8-17(9-3-1)19-12-13-20-18-11-10-15-6-4-5-7-16(15)14-18/h1-11,14,19H,12-13H2. The van der Waals surface area contributed by atoms with Gasteiger partial charge in [-0.3, -0.25) is 0 Å². The average Bonchev–Trinajstić information content (AvgIpc) is 2.52. The molecular formula is C18H17NS. The lowest BCUT2D eigenvalue weighted by Crippen LogP contribution is -2.03. The van der Waals surface area contributed by atoms with Crippen LogP contribution >= 0.6 is 11.8 Å². The number of benzene rings is 3. The number of hydrogen-bond donors (Lipinski definition) is 1. The first-order chi connectivity index (χ1) is 9.92. The summed E-state index contributed by atoms with van der Waals surface area (Å²) in [4.78, 5) is 1.33. The molecule has 3 rings (SSSR count). The second-order valence-corrected chi connectivity index (χ2v) is 5.82. The van der Waals surface area contributed by atoms with E-state index in [0.29, 0.717) is 0 Å². The Morgan fingerprint density at radius 1 is 0.750 bits per heavy atom. The van der Waals surface area contributed by atoms with E-state index in [1.54, 1.807) is 0 Å². The summed E-state index contributed by atoms with van der Waals surface area (Å²) in [5, 5.41) is 6.05. The van der Waals surface area contributed by atoms with E-state index < -0.39 is 0 Å². The molecule has 0 saturated carbocycles. The molecule has 3 aromatic rings. The largest absolute Gasteiger partial charge is 0.384 e. The first-order valence-corrected chi connectivity index (χ1v) is 7.81. The number of hydrogen-bond acceptors (Lipinski definition) is 2. The molecule has 100 valence electrons. The van der Waals surface area contributed by atoms with Crippen molar-refractivity contribution >= 4 is 28.2 Å². The van der Waals surface area contributed by atoms with Crippen molar-refractivity contribution in [3.63, 3.8) is 0 Å². The third-order valence-electron chi connectivity index (χ3n) is 3.19. The SMILES string of the molecule is c1ccc(NCCSc2ccc3ccccc3c2)cc1. The molecule has 20 heavy (non-hydrogen) atoms. The predicted octanol–water partition coefficient (Wildman–Crippen LogP) is 5.04. The van der Waals surface area contributed by atoms with Gasteiger partial charge in [0.1, 0.15) is 0 Å². The number of rotatable bonds is 5. The van der Waals surface area contributed by atoms with Crippen molar-refractivity contribution in [2.45, 2.75) is 4.90 Å². The first-order valence-electron chi connectivity index (χ1n) is 6.82. The van der Waals surface area contributed by atoms with Gasteiger partial charge in [0.25, 0.3) is 0 Å². The van der Waals surface area contributed by atoms with Crippen molar-refractivity contribution in [3.8, 4) is 0 Å². The molecule has 0 aliphatic heterocycles. The second kappa shape index (κ2) is 6.49. The minimum atomic E-state index is 0.974. The summed E-state index contributed by atoms with van der Waals surface area (Å²) < 4.78 is 0. The maximum Gasteiger partial charge on any atom is 0.0340 e. The highest BCUT2D eigenvalue weighted by atomic mass is 32.2. The molecule has 0 spiro atoms. The van der Waals surface area contributed by atoms with E-state index in [1.807, 2.05) is 17.8 Å². The van der Waals surface area contributed by atoms with Gasteiger partial charge in [0, 0.05) is 22.9 Å². The Morgan fingerprint density at radius 3 is 2.35 bits per heavy atom. The van der Waals surface area contributed by atoms with Gasteiger partial charge < -0.3 is 5.32 Å². The number of nitrogens with one attached hydrogen (secondary N) is 1. The van der Waals surface area contributed by atoms with Crippen molar-refractivity contribution < 1.29 is 0 Å². The van der Waals surface area contributed by atoms with Gasteiger partial charge in [-0.25, -0.2) is 0 Å². The van der Waals surface area contributed by atoms with E-state index in [0.717, 1.165) is 12.3 Å². The van der Waals surface area contributed by atoms with Gasteiger partial charge in [0.15, 0.2) is 0 Å². The molecule has 0 fully saturated rings. The fraction of sp³-hybridized carbons (Fsp3) is 0.111.